The van der Waals surface area contributed by atoms with Crippen LogP contribution >= 0.6 is 0 Å². The van der Waals surface area contributed by atoms with Crippen LogP contribution in [0, 0.1) is 5.41 Å². The number of nitrogens with one attached hydrogen (secondary N) is 1. The molecule has 0 aromatic rings. The molecule has 0 rings (SSSR count). The Morgan fingerprint density at radius 1 is 1.44 bits per heavy atom. The van der Waals surface area contributed by atoms with Crippen LogP contribution in [0.4, 0.5) is 0 Å². The minimum Gasteiger partial charge on any atom is -0.480 e. The maximum Gasteiger partial charge on any atom is 0.326 e. The van der Waals surface area contributed by atoms with Crippen molar-refractivity contribution in [1.82, 2.24) is 5.32 Å². The molecule has 0 saturated heterocycles. The second-order valence-electron chi connectivity index (χ2n) is 4.38. The molecule has 0 aromatic heterocycles. The van der Waals surface area contributed by atoms with Gasteiger partial charge in [0.25, 0.3) is 0 Å². The van der Waals surface area contributed by atoms with Gasteiger partial charge in [-0.05, 0) is 6.42 Å². The first kappa shape index (κ1) is 14.9. The Bertz CT molecular complexity index is 250. The Hall–Kier alpha value is -1.10. The van der Waals surface area contributed by atoms with Crippen LogP contribution in [0.15, 0.2) is 0 Å². The van der Waals surface area contributed by atoms with Crippen molar-refractivity contribution in [3.05, 3.63) is 0 Å². The van der Waals surface area contributed by atoms with E-state index in [-0.39, 0.29) is 12.3 Å². The van der Waals surface area contributed by atoms with Gasteiger partial charge in [0.05, 0.1) is 0 Å². The highest BCUT2D eigenvalue weighted by Gasteiger charge is 2.29. The van der Waals surface area contributed by atoms with Gasteiger partial charge in [-0.2, -0.15) is 0 Å². The highest BCUT2D eigenvalue weighted by Crippen LogP contribution is 2.19. The number of carbonyl (C=O) groups is 2. The molecule has 0 fully saturated rings. The molecule has 2 N–H and O–H groups in total. The van der Waals surface area contributed by atoms with Crippen LogP contribution in [-0.2, 0) is 14.3 Å². The van der Waals surface area contributed by atoms with Crippen molar-refractivity contribution in [1.29, 1.82) is 0 Å². The highest BCUT2D eigenvalue weighted by atomic mass is 16.5. The molecule has 0 aromatic carbocycles. The first-order chi connectivity index (χ1) is 7.35. The first-order valence-electron chi connectivity index (χ1n) is 5.38. The summed E-state index contributed by atoms with van der Waals surface area (Å²) in [7, 11) is 1.50. The smallest absolute Gasteiger partial charge is 0.326 e. The molecule has 1 amide bonds. The number of ether oxygens (including phenoxy) is 1. The zero-order valence-corrected chi connectivity index (χ0v) is 10.4. The van der Waals surface area contributed by atoms with E-state index >= 15 is 0 Å². The number of carbonyl (C=O) groups excluding carboxylic acids is 1. The largest absolute Gasteiger partial charge is 0.480 e. The number of methoxy groups -OCH3 is 1. The van der Waals surface area contributed by atoms with E-state index in [1.165, 1.54) is 7.11 Å². The predicted molar refractivity (Wildman–Crippen MR) is 60.1 cm³/mol. The normalized spacial score (nSPS) is 13.2. The predicted octanol–water partition coefficient (Wildman–Crippen LogP) is 1.03. The fourth-order valence-corrected chi connectivity index (χ4v) is 1.01. The van der Waals surface area contributed by atoms with Crippen LogP contribution in [-0.4, -0.2) is 36.7 Å². The van der Waals surface area contributed by atoms with E-state index in [4.69, 9.17) is 9.84 Å². The van der Waals surface area contributed by atoms with E-state index in [0.29, 0.717) is 13.0 Å². The van der Waals surface area contributed by atoms with Crippen molar-refractivity contribution >= 4 is 11.9 Å². The average molecular weight is 231 g/mol. The summed E-state index contributed by atoms with van der Waals surface area (Å²) >= 11 is 0. The molecular formula is C11H21NO4. The molecule has 0 aliphatic heterocycles. The van der Waals surface area contributed by atoms with Crippen LogP contribution in [0.25, 0.3) is 0 Å². The summed E-state index contributed by atoms with van der Waals surface area (Å²) in [5.41, 5.74) is -0.541. The molecule has 0 heterocycles. The number of rotatable bonds is 7. The maximum atomic E-state index is 11.8. The van der Waals surface area contributed by atoms with E-state index in [2.05, 4.69) is 5.32 Å². The maximum absolute atomic E-state index is 11.8. The van der Waals surface area contributed by atoms with Crippen molar-refractivity contribution in [2.75, 3.05) is 13.7 Å². The Labute approximate surface area is 96.2 Å². The first-order valence-corrected chi connectivity index (χ1v) is 5.38. The Balaban J connectivity index is 4.40. The van der Waals surface area contributed by atoms with Crippen molar-refractivity contribution in [2.45, 2.75) is 39.7 Å². The van der Waals surface area contributed by atoms with Crippen molar-refractivity contribution < 1.29 is 19.4 Å². The molecule has 0 radical (unpaired) electrons. The van der Waals surface area contributed by atoms with Gasteiger partial charge in [0.2, 0.25) is 5.91 Å². The summed E-state index contributed by atoms with van der Waals surface area (Å²) in [5.74, 6) is -1.27. The molecule has 0 aliphatic rings. The second-order valence-corrected chi connectivity index (χ2v) is 4.38. The van der Waals surface area contributed by atoms with Gasteiger partial charge < -0.3 is 15.2 Å². The molecule has 94 valence electrons. The van der Waals surface area contributed by atoms with Crippen LogP contribution < -0.4 is 5.32 Å². The molecule has 5 heteroatoms. The van der Waals surface area contributed by atoms with E-state index in [1.807, 2.05) is 6.92 Å². The summed E-state index contributed by atoms with van der Waals surface area (Å²) in [5, 5.41) is 11.4. The van der Waals surface area contributed by atoms with Gasteiger partial charge >= 0.3 is 5.97 Å². The van der Waals surface area contributed by atoms with E-state index < -0.39 is 17.4 Å². The van der Waals surface area contributed by atoms with E-state index in [1.54, 1.807) is 13.8 Å². The Kier molecular flexibility index (Phi) is 6.03. The second kappa shape index (κ2) is 6.48. The molecule has 0 bridgehead atoms. The van der Waals surface area contributed by atoms with Crippen molar-refractivity contribution in [2.24, 2.45) is 5.41 Å². The number of amides is 1. The number of aliphatic carboxylic acids is 1. The van der Waals surface area contributed by atoms with Gasteiger partial charge in [0, 0.05) is 25.6 Å². The number of carboxylic acid groups (broad SMARTS) is 1. The summed E-state index contributed by atoms with van der Waals surface area (Å²) in [6, 6.07) is -0.877. The van der Waals surface area contributed by atoms with Crippen LogP contribution in [0.2, 0.25) is 0 Å². The van der Waals surface area contributed by atoms with Gasteiger partial charge in [-0.15, -0.1) is 0 Å². The van der Waals surface area contributed by atoms with Gasteiger partial charge in [0.1, 0.15) is 6.04 Å². The summed E-state index contributed by atoms with van der Waals surface area (Å²) in [6.07, 6.45) is 0.937. The zero-order valence-electron chi connectivity index (χ0n) is 10.4. The lowest BCUT2D eigenvalue weighted by atomic mass is 9.89. The van der Waals surface area contributed by atoms with E-state index in [0.717, 1.165) is 0 Å². The molecular weight excluding hydrogens is 210 g/mol. The number of hydrogen-bond acceptors (Lipinski definition) is 3. The zero-order chi connectivity index (χ0) is 12.8. The summed E-state index contributed by atoms with van der Waals surface area (Å²) in [6.45, 7) is 5.78. The fourth-order valence-electron chi connectivity index (χ4n) is 1.01. The summed E-state index contributed by atoms with van der Waals surface area (Å²) < 4.78 is 4.80. The number of carboxylic acids is 1. The third kappa shape index (κ3) is 4.61. The summed E-state index contributed by atoms with van der Waals surface area (Å²) in [4.78, 5) is 22.6. The third-order valence-corrected chi connectivity index (χ3v) is 2.71. The van der Waals surface area contributed by atoms with Crippen LogP contribution in [0.3, 0.4) is 0 Å². The number of hydrogen-bond donors (Lipinski definition) is 2. The Morgan fingerprint density at radius 2 is 2.00 bits per heavy atom. The SMILES string of the molecule is CCC(C)(C)C(=O)NC(CCOC)C(=O)O. The Morgan fingerprint density at radius 3 is 2.38 bits per heavy atom. The minimum absolute atomic E-state index is 0.237. The van der Waals surface area contributed by atoms with Crippen LogP contribution in [0.5, 0.6) is 0 Å². The molecule has 0 aliphatic carbocycles. The van der Waals surface area contributed by atoms with Gasteiger partial charge in [0.15, 0.2) is 0 Å². The van der Waals surface area contributed by atoms with Crippen molar-refractivity contribution in [3.8, 4) is 0 Å². The van der Waals surface area contributed by atoms with E-state index in [9.17, 15) is 9.59 Å². The fraction of sp³-hybridized carbons (Fsp3) is 0.818. The molecule has 1 atom stereocenters. The van der Waals surface area contributed by atoms with Crippen LogP contribution in [0.1, 0.15) is 33.6 Å². The molecule has 16 heavy (non-hydrogen) atoms. The van der Waals surface area contributed by atoms with Gasteiger partial charge in [-0.1, -0.05) is 20.8 Å². The van der Waals surface area contributed by atoms with Crippen molar-refractivity contribution in [3.63, 3.8) is 0 Å². The quantitative estimate of drug-likeness (QED) is 0.686. The van der Waals surface area contributed by atoms with Gasteiger partial charge in [-0.3, -0.25) is 4.79 Å². The monoisotopic (exact) mass is 231 g/mol. The molecule has 5 nitrogen and oxygen atoms in total. The average Bonchev–Trinajstić information content (AvgIpc) is 2.23. The van der Waals surface area contributed by atoms with Gasteiger partial charge in [-0.25, -0.2) is 4.79 Å². The highest BCUT2D eigenvalue weighted by molar-refractivity contribution is 5.86. The molecule has 0 saturated carbocycles. The third-order valence-electron chi connectivity index (χ3n) is 2.71. The lowest BCUT2D eigenvalue weighted by Crippen LogP contribution is -2.46. The topological polar surface area (TPSA) is 75.6 Å². The lowest BCUT2D eigenvalue weighted by Gasteiger charge is -2.24. The molecule has 1 unspecified atom stereocenters. The minimum atomic E-state index is -1.03. The molecule has 0 spiro atoms. The lowest BCUT2D eigenvalue weighted by molar-refractivity contribution is -0.144. The standard InChI is InChI=1S/C11H21NO4/c1-5-11(2,3)10(15)12-8(9(13)14)6-7-16-4/h8H,5-7H2,1-4H3,(H,12,15)(H,13,14).